The third-order valence-electron chi connectivity index (χ3n) is 1.45. The van der Waals surface area contributed by atoms with Gasteiger partial charge in [-0.3, -0.25) is 0 Å². The zero-order valence-electron chi connectivity index (χ0n) is 6.55. The van der Waals surface area contributed by atoms with Crippen LogP contribution in [0.4, 0.5) is 0 Å². The highest BCUT2D eigenvalue weighted by Gasteiger charge is 1.96. The predicted molar refractivity (Wildman–Crippen MR) is 50.3 cm³/mol. The minimum atomic E-state index is 0.202. The molecule has 0 aliphatic heterocycles. The van der Waals surface area contributed by atoms with Crippen LogP contribution < -0.4 is 0 Å². The summed E-state index contributed by atoms with van der Waals surface area (Å²) in [6.45, 7) is 1.99. The SMILES string of the molecule is [B]C(C)Cc1cccc(Cl)c1. The van der Waals surface area contributed by atoms with E-state index in [1.165, 1.54) is 5.56 Å². The molecule has 1 aromatic rings. The quantitative estimate of drug-likeness (QED) is 0.590. The van der Waals surface area contributed by atoms with E-state index in [-0.39, 0.29) is 5.82 Å². The van der Waals surface area contributed by atoms with E-state index in [2.05, 4.69) is 0 Å². The van der Waals surface area contributed by atoms with Crippen molar-refractivity contribution in [2.24, 2.45) is 0 Å². The Morgan fingerprint density at radius 3 is 2.82 bits per heavy atom. The van der Waals surface area contributed by atoms with Gasteiger partial charge in [0, 0.05) is 5.02 Å². The summed E-state index contributed by atoms with van der Waals surface area (Å²) in [6, 6.07) is 7.80. The van der Waals surface area contributed by atoms with Crippen molar-refractivity contribution >= 4 is 19.4 Å². The molecular weight excluding hydrogens is 154 g/mol. The summed E-state index contributed by atoms with van der Waals surface area (Å²) in [5.74, 6) is 0.202. The molecule has 0 saturated heterocycles. The molecule has 0 amide bonds. The number of hydrogen-bond donors (Lipinski definition) is 0. The molecule has 2 heteroatoms. The van der Waals surface area contributed by atoms with Crippen LogP contribution in [0.25, 0.3) is 0 Å². The van der Waals surface area contributed by atoms with Gasteiger partial charge in [-0.15, -0.1) is 0 Å². The summed E-state index contributed by atoms with van der Waals surface area (Å²) in [7, 11) is 5.63. The van der Waals surface area contributed by atoms with Crippen LogP contribution in [-0.4, -0.2) is 7.85 Å². The highest BCUT2D eigenvalue weighted by atomic mass is 35.5. The molecule has 0 fully saturated rings. The summed E-state index contributed by atoms with van der Waals surface area (Å²) < 4.78 is 0. The molecule has 0 aliphatic rings. The Morgan fingerprint density at radius 2 is 2.27 bits per heavy atom. The van der Waals surface area contributed by atoms with Crippen LogP contribution in [0.2, 0.25) is 10.8 Å². The first-order valence-electron chi connectivity index (χ1n) is 3.68. The first kappa shape index (κ1) is 8.67. The number of rotatable bonds is 2. The molecule has 0 aromatic heterocycles. The molecular formula is C9H10BCl. The van der Waals surface area contributed by atoms with Crippen LogP contribution in [0.15, 0.2) is 24.3 Å². The minimum Gasteiger partial charge on any atom is -0.0843 e. The van der Waals surface area contributed by atoms with Gasteiger partial charge < -0.3 is 0 Å². The summed E-state index contributed by atoms with van der Waals surface area (Å²) in [4.78, 5) is 0. The lowest BCUT2D eigenvalue weighted by Crippen LogP contribution is -1.91. The zero-order valence-corrected chi connectivity index (χ0v) is 7.31. The lowest BCUT2D eigenvalue weighted by Gasteiger charge is -2.04. The number of hydrogen-bond acceptors (Lipinski definition) is 0. The van der Waals surface area contributed by atoms with Crippen LogP contribution in [0.5, 0.6) is 0 Å². The number of benzene rings is 1. The van der Waals surface area contributed by atoms with Gasteiger partial charge in [-0.05, 0) is 24.1 Å². The maximum Gasteiger partial charge on any atom is 0.0700 e. The van der Waals surface area contributed by atoms with E-state index < -0.39 is 0 Å². The third kappa shape index (κ3) is 2.98. The van der Waals surface area contributed by atoms with E-state index in [4.69, 9.17) is 19.4 Å². The van der Waals surface area contributed by atoms with E-state index in [1.807, 2.05) is 31.2 Å². The molecule has 1 unspecified atom stereocenters. The highest BCUT2D eigenvalue weighted by Crippen LogP contribution is 2.14. The van der Waals surface area contributed by atoms with Gasteiger partial charge >= 0.3 is 0 Å². The standard InChI is InChI=1S/C9H10BCl/c1-7(10)5-8-3-2-4-9(11)6-8/h2-4,6-7H,5H2,1H3. The van der Waals surface area contributed by atoms with Crippen molar-refractivity contribution < 1.29 is 0 Å². The van der Waals surface area contributed by atoms with Crippen LogP contribution in [0.3, 0.4) is 0 Å². The van der Waals surface area contributed by atoms with Crippen molar-refractivity contribution in [1.82, 2.24) is 0 Å². The predicted octanol–water partition coefficient (Wildman–Crippen LogP) is 2.86. The van der Waals surface area contributed by atoms with Gasteiger partial charge in [-0.25, -0.2) is 0 Å². The maximum atomic E-state index is 5.79. The average molecular weight is 164 g/mol. The van der Waals surface area contributed by atoms with E-state index in [1.54, 1.807) is 0 Å². The summed E-state index contributed by atoms with van der Waals surface area (Å²) in [5, 5.41) is 0.781. The van der Waals surface area contributed by atoms with Gasteiger partial charge in [-0.2, -0.15) is 0 Å². The van der Waals surface area contributed by atoms with Crippen molar-refractivity contribution in [2.45, 2.75) is 19.2 Å². The Kier molecular flexibility index (Phi) is 3.01. The molecule has 56 valence electrons. The van der Waals surface area contributed by atoms with Crippen LogP contribution in [-0.2, 0) is 6.42 Å². The monoisotopic (exact) mass is 164 g/mol. The molecule has 0 spiro atoms. The fraction of sp³-hybridized carbons (Fsp3) is 0.333. The molecule has 0 bridgehead atoms. The van der Waals surface area contributed by atoms with Crippen LogP contribution >= 0.6 is 11.6 Å². The van der Waals surface area contributed by atoms with Crippen molar-refractivity contribution in [3.05, 3.63) is 34.9 Å². The molecule has 1 aromatic carbocycles. The van der Waals surface area contributed by atoms with E-state index in [0.29, 0.717) is 0 Å². The zero-order chi connectivity index (χ0) is 8.27. The van der Waals surface area contributed by atoms with E-state index in [0.717, 1.165) is 11.4 Å². The Hall–Kier alpha value is -0.425. The van der Waals surface area contributed by atoms with Crippen molar-refractivity contribution in [3.63, 3.8) is 0 Å². The molecule has 0 aliphatic carbocycles. The van der Waals surface area contributed by atoms with Gasteiger partial charge in [0.25, 0.3) is 0 Å². The Morgan fingerprint density at radius 1 is 1.55 bits per heavy atom. The fourth-order valence-electron chi connectivity index (χ4n) is 1.04. The van der Waals surface area contributed by atoms with E-state index in [9.17, 15) is 0 Å². The maximum absolute atomic E-state index is 5.79. The topological polar surface area (TPSA) is 0 Å². The molecule has 1 rings (SSSR count). The Balaban J connectivity index is 2.71. The highest BCUT2D eigenvalue weighted by molar-refractivity contribution is 6.30. The Bertz CT molecular complexity index is 233. The summed E-state index contributed by atoms with van der Waals surface area (Å²) in [5.41, 5.74) is 1.20. The number of halogens is 1. The van der Waals surface area contributed by atoms with Gasteiger partial charge in [-0.1, -0.05) is 36.5 Å². The normalized spacial score (nSPS) is 12.9. The molecule has 11 heavy (non-hydrogen) atoms. The molecule has 2 radical (unpaired) electrons. The molecule has 0 heterocycles. The van der Waals surface area contributed by atoms with Crippen molar-refractivity contribution in [2.75, 3.05) is 0 Å². The second-order valence-corrected chi connectivity index (χ2v) is 3.25. The molecule has 0 nitrogen and oxygen atoms in total. The lowest BCUT2D eigenvalue weighted by atomic mass is 9.84. The third-order valence-corrected chi connectivity index (χ3v) is 1.68. The van der Waals surface area contributed by atoms with Gasteiger partial charge in [0.15, 0.2) is 0 Å². The van der Waals surface area contributed by atoms with Crippen molar-refractivity contribution in [3.8, 4) is 0 Å². The second-order valence-electron chi connectivity index (χ2n) is 2.81. The van der Waals surface area contributed by atoms with E-state index >= 15 is 0 Å². The summed E-state index contributed by atoms with van der Waals surface area (Å²) in [6.07, 6.45) is 0.889. The summed E-state index contributed by atoms with van der Waals surface area (Å²) >= 11 is 5.79. The van der Waals surface area contributed by atoms with Crippen LogP contribution in [0, 0.1) is 0 Å². The Labute approximate surface area is 74.0 Å². The lowest BCUT2D eigenvalue weighted by molar-refractivity contribution is 0.916. The van der Waals surface area contributed by atoms with Gasteiger partial charge in [0.2, 0.25) is 0 Å². The van der Waals surface area contributed by atoms with Crippen molar-refractivity contribution in [1.29, 1.82) is 0 Å². The first-order chi connectivity index (χ1) is 5.18. The fourth-order valence-corrected chi connectivity index (χ4v) is 1.25. The smallest absolute Gasteiger partial charge is 0.0700 e. The average Bonchev–Trinajstić information content (AvgIpc) is 1.85. The molecule has 1 atom stereocenters. The van der Waals surface area contributed by atoms with Gasteiger partial charge in [0.05, 0.1) is 7.85 Å². The molecule has 0 saturated carbocycles. The first-order valence-corrected chi connectivity index (χ1v) is 4.06. The largest absolute Gasteiger partial charge is 0.0843 e. The second kappa shape index (κ2) is 3.82. The van der Waals surface area contributed by atoms with Crippen LogP contribution in [0.1, 0.15) is 12.5 Å². The minimum absolute atomic E-state index is 0.202. The van der Waals surface area contributed by atoms with Gasteiger partial charge in [0.1, 0.15) is 0 Å². The molecule has 0 N–H and O–H groups in total.